The predicted molar refractivity (Wildman–Crippen MR) is 122 cm³/mol. The molecule has 0 saturated carbocycles. The maximum Gasteiger partial charge on any atom is 0.254 e. The largest absolute Gasteiger partial charge is 0.349 e. The number of carbonyl (C=O) groups is 3. The highest BCUT2D eigenvalue weighted by molar-refractivity contribution is 6.09. The molecule has 3 N–H and O–H groups in total. The minimum atomic E-state index is -0.772. The van der Waals surface area contributed by atoms with Gasteiger partial charge in [0.15, 0.2) is 0 Å². The Kier molecular flexibility index (Phi) is 6.20. The summed E-state index contributed by atoms with van der Waals surface area (Å²) in [5, 5.41) is 8.38. The molecule has 1 aliphatic heterocycles. The first-order valence-corrected chi connectivity index (χ1v) is 10.8. The molecule has 0 fully saturated rings. The number of para-hydroxylation sites is 3. The lowest BCUT2D eigenvalue weighted by atomic mass is 10.1. The average molecular weight is 434 g/mol. The topological polar surface area (TPSA) is 105 Å². The summed E-state index contributed by atoms with van der Waals surface area (Å²) in [5.74, 6) is 0.381. The molecule has 166 valence electrons. The first-order chi connectivity index (χ1) is 15.4. The molecule has 1 atom stereocenters. The van der Waals surface area contributed by atoms with Crippen molar-refractivity contribution in [3.63, 3.8) is 0 Å². The summed E-state index contributed by atoms with van der Waals surface area (Å²) in [6, 6.07) is 14.0. The number of imidazole rings is 1. The number of hydrogen-bond acceptors (Lipinski definition) is 4. The number of amides is 3. The van der Waals surface area contributed by atoms with Gasteiger partial charge in [-0.2, -0.15) is 0 Å². The first kappa shape index (κ1) is 21.5. The van der Waals surface area contributed by atoms with Crippen LogP contribution in [-0.2, 0) is 22.7 Å². The monoisotopic (exact) mass is 433 g/mol. The Bertz CT molecular complexity index is 1170. The predicted octanol–water partition coefficient (Wildman–Crippen LogP) is 2.84. The van der Waals surface area contributed by atoms with E-state index >= 15 is 0 Å². The van der Waals surface area contributed by atoms with Crippen molar-refractivity contribution < 1.29 is 14.4 Å². The molecule has 2 aromatic carbocycles. The van der Waals surface area contributed by atoms with Crippen molar-refractivity contribution in [2.75, 3.05) is 5.32 Å². The van der Waals surface area contributed by atoms with E-state index in [2.05, 4.69) is 39.3 Å². The minimum Gasteiger partial charge on any atom is -0.349 e. The molecular weight excluding hydrogens is 406 g/mol. The molecule has 0 saturated heterocycles. The maximum atomic E-state index is 12.5. The summed E-state index contributed by atoms with van der Waals surface area (Å²) in [6.45, 7) is 5.39. The fourth-order valence-electron chi connectivity index (χ4n) is 3.89. The smallest absolute Gasteiger partial charge is 0.254 e. The Hall–Kier alpha value is -3.68. The molecule has 3 amide bonds. The van der Waals surface area contributed by atoms with Gasteiger partial charge in [0.2, 0.25) is 11.8 Å². The number of carbonyl (C=O) groups excluding carboxylic acids is 3. The number of rotatable bonds is 7. The van der Waals surface area contributed by atoms with Gasteiger partial charge in [-0.1, -0.05) is 38.1 Å². The zero-order chi connectivity index (χ0) is 22.7. The van der Waals surface area contributed by atoms with E-state index in [4.69, 9.17) is 0 Å². The molecular formula is C24H27N5O3. The molecule has 3 aromatic rings. The van der Waals surface area contributed by atoms with Crippen LogP contribution in [0.5, 0.6) is 0 Å². The quantitative estimate of drug-likeness (QED) is 0.533. The molecule has 1 unspecified atom stereocenters. The third-order valence-corrected chi connectivity index (χ3v) is 5.44. The van der Waals surface area contributed by atoms with Crippen LogP contribution in [0, 0.1) is 5.92 Å². The van der Waals surface area contributed by atoms with Gasteiger partial charge in [-0.05, 0) is 36.6 Å². The number of anilines is 1. The summed E-state index contributed by atoms with van der Waals surface area (Å²) in [7, 11) is 0. The highest BCUT2D eigenvalue weighted by Crippen LogP contribution is 2.20. The van der Waals surface area contributed by atoms with Gasteiger partial charge < -0.3 is 20.5 Å². The van der Waals surface area contributed by atoms with Crippen molar-refractivity contribution in [1.29, 1.82) is 0 Å². The fraction of sp³-hybridized carbons (Fsp3) is 0.333. The summed E-state index contributed by atoms with van der Waals surface area (Å²) in [4.78, 5) is 42.1. The number of hydrogen-bond donors (Lipinski definition) is 3. The SMILES string of the molecule is CC(C)Cn1c(CNC(=O)CCC2NC(=O)c3ccccc3NC2=O)nc2ccccc21. The molecule has 0 radical (unpaired) electrons. The molecule has 8 heteroatoms. The Morgan fingerprint density at radius 2 is 1.88 bits per heavy atom. The highest BCUT2D eigenvalue weighted by atomic mass is 16.2. The standard InChI is InChI=1S/C24H27N5O3/c1-15(2)14-29-20-10-6-5-9-18(20)26-21(29)13-25-22(30)12-11-19-24(32)27-17-8-4-3-7-16(17)23(31)28-19/h3-10,15,19H,11-14H2,1-2H3,(H,25,30)(H,27,32)(H,28,31). The Morgan fingerprint density at radius 3 is 2.69 bits per heavy atom. The van der Waals surface area contributed by atoms with E-state index < -0.39 is 6.04 Å². The second-order valence-corrected chi connectivity index (χ2v) is 8.40. The highest BCUT2D eigenvalue weighted by Gasteiger charge is 2.27. The van der Waals surface area contributed by atoms with Crippen LogP contribution in [0.25, 0.3) is 11.0 Å². The second-order valence-electron chi connectivity index (χ2n) is 8.40. The number of nitrogens with zero attached hydrogens (tertiary/aromatic N) is 2. The summed E-state index contributed by atoms with van der Waals surface area (Å²) >= 11 is 0. The van der Waals surface area contributed by atoms with Gasteiger partial charge in [0, 0.05) is 13.0 Å². The molecule has 32 heavy (non-hydrogen) atoms. The van der Waals surface area contributed by atoms with E-state index in [1.807, 2.05) is 24.3 Å². The summed E-state index contributed by atoms with van der Waals surface area (Å²) in [5.41, 5.74) is 2.83. The Labute approximate surface area is 186 Å². The second kappa shape index (κ2) is 9.21. The molecule has 2 heterocycles. The lowest BCUT2D eigenvalue weighted by Gasteiger charge is -2.15. The van der Waals surface area contributed by atoms with Crippen molar-refractivity contribution >= 4 is 34.4 Å². The first-order valence-electron chi connectivity index (χ1n) is 10.8. The number of aromatic nitrogens is 2. The summed E-state index contributed by atoms with van der Waals surface area (Å²) < 4.78 is 2.14. The molecule has 1 aliphatic rings. The third-order valence-electron chi connectivity index (χ3n) is 5.44. The van der Waals surface area contributed by atoms with Crippen LogP contribution in [0.3, 0.4) is 0 Å². The van der Waals surface area contributed by atoms with E-state index in [9.17, 15) is 14.4 Å². The van der Waals surface area contributed by atoms with Gasteiger partial charge in [0.05, 0.1) is 28.8 Å². The van der Waals surface area contributed by atoms with Crippen LogP contribution < -0.4 is 16.0 Å². The van der Waals surface area contributed by atoms with Gasteiger partial charge in [-0.3, -0.25) is 14.4 Å². The van der Waals surface area contributed by atoms with Gasteiger partial charge in [0.1, 0.15) is 11.9 Å². The molecule has 8 nitrogen and oxygen atoms in total. The van der Waals surface area contributed by atoms with Gasteiger partial charge in [-0.25, -0.2) is 4.98 Å². The van der Waals surface area contributed by atoms with Crippen molar-refractivity contribution in [3.05, 3.63) is 59.9 Å². The molecule has 4 rings (SSSR count). The van der Waals surface area contributed by atoms with Crippen LogP contribution in [-0.4, -0.2) is 33.3 Å². The zero-order valence-corrected chi connectivity index (χ0v) is 18.2. The lowest BCUT2D eigenvalue weighted by molar-refractivity contribution is -0.122. The molecule has 0 spiro atoms. The Morgan fingerprint density at radius 1 is 1.12 bits per heavy atom. The lowest BCUT2D eigenvalue weighted by Crippen LogP contribution is -2.42. The molecule has 1 aromatic heterocycles. The van der Waals surface area contributed by atoms with Crippen molar-refractivity contribution in [2.24, 2.45) is 5.92 Å². The van der Waals surface area contributed by atoms with Crippen LogP contribution in [0.2, 0.25) is 0 Å². The fourth-order valence-corrected chi connectivity index (χ4v) is 3.89. The molecule has 0 aliphatic carbocycles. The van der Waals surface area contributed by atoms with Crippen LogP contribution in [0.15, 0.2) is 48.5 Å². The van der Waals surface area contributed by atoms with E-state index in [0.29, 0.717) is 23.7 Å². The van der Waals surface area contributed by atoms with E-state index in [-0.39, 0.29) is 30.6 Å². The Balaban J connectivity index is 1.37. The van der Waals surface area contributed by atoms with Crippen LogP contribution in [0.1, 0.15) is 42.9 Å². The van der Waals surface area contributed by atoms with Gasteiger partial charge in [-0.15, -0.1) is 0 Å². The molecule has 0 bridgehead atoms. The minimum absolute atomic E-state index is 0.110. The number of nitrogens with one attached hydrogen (secondary N) is 3. The van der Waals surface area contributed by atoms with Gasteiger partial charge in [0.25, 0.3) is 5.91 Å². The van der Waals surface area contributed by atoms with Crippen molar-refractivity contribution in [2.45, 2.75) is 45.8 Å². The number of fused-ring (bicyclic) bond motifs is 2. The zero-order valence-electron chi connectivity index (χ0n) is 18.2. The van der Waals surface area contributed by atoms with E-state index in [0.717, 1.165) is 23.4 Å². The average Bonchev–Trinajstić information content (AvgIpc) is 3.05. The van der Waals surface area contributed by atoms with Crippen molar-refractivity contribution in [3.8, 4) is 0 Å². The normalized spacial score (nSPS) is 15.8. The number of benzene rings is 2. The van der Waals surface area contributed by atoms with Crippen LogP contribution in [0.4, 0.5) is 5.69 Å². The van der Waals surface area contributed by atoms with Gasteiger partial charge >= 0.3 is 0 Å². The third kappa shape index (κ3) is 4.64. The maximum absolute atomic E-state index is 12.5. The van der Waals surface area contributed by atoms with E-state index in [1.54, 1.807) is 24.3 Å². The van der Waals surface area contributed by atoms with Crippen LogP contribution >= 0.6 is 0 Å². The van der Waals surface area contributed by atoms with Crippen molar-refractivity contribution in [1.82, 2.24) is 20.2 Å². The summed E-state index contributed by atoms with van der Waals surface area (Å²) in [6.07, 6.45) is 0.318. The van der Waals surface area contributed by atoms with E-state index in [1.165, 1.54) is 0 Å².